The summed E-state index contributed by atoms with van der Waals surface area (Å²) >= 11 is 6.96. The third-order valence-electron chi connectivity index (χ3n) is 1.57. The van der Waals surface area contributed by atoms with Crippen molar-refractivity contribution in [3.05, 3.63) is 29.8 Å². The van der Waals surface area contributed by atoms with Gasteiger partial charge in [-0.3, -0.25) is 0 Å². The molecule has 1 aromatic rings. The topological polar surface area (TPSA) is 9.23 Å². The summed E-state index contributed by atoms with van der Waals surface area (Å²) in [5.41, 5.74) is 0.952. The van der Waals surface area contributed by atoms with Gasteiger partial charge in [-0.05, 0) is 26.8 Å². The Morgan fingerprint density at radius 1 is 1.14 bits per heavy atom. The van der Waals surface area contributed by atoms with Crippen LogP contribution in [-0.2, 0) is 0 Å². The molecule has 1 rings (SSSR count). The summed E-state index contributed by atoms with van der Waals surface area (Å²) in [5.74, 6) is 0.916. The third-order valence-corrected chi connectivity index (χ3v) is 2.56. The highest BCUT2D eigenvalue weighted by Crippen LogP contribution is 2.36. The van der Waals surface area contributed by atoms with Crippen LogP contribution in [0.25, 0.3) is 0 Å². The predicted octanol–water partition coefficient (Wildman–Crippen LogP) is 4.65. The molecule has 0 aliphatic rings. The van der Waals surface area contributed by atoms with Gasteiger partial charge < -0.3 is 4.74 Å². The van der Waals surface area contributed by atoms with Gasteiger partial charge in [0.2, 0.25) is 0 Å². The molecule has 78 valence electrons. The van der Waals surface area contributed by atoms with Gasteiger partial charge in [0, 0.05) is 5.56 Å². The van der Waals surface area contributed by atoms with Gasteiger partial charge in [0.25, 0.3) is 0 Å². The van der Waals surface area contributed by atoms with E-state index in [1.807, 2.05) is 45.0 Å². The molecule has 0 saturated carbocycles. The quantitative estimate of drug-likeness (QED) is 0.720. The number of benzene rings is 1. The molecule has 0 aromatic heterocycles. The zero-order valence-corrected chi connectivity index (χ0v) is 11.7. The summed E-state index contributed by atoms with van der Waals surface area (Å²) in [4.78, 5) is 0. The van der Waals surface area contributed by atoms with E-state index in [1.54, 1.807) is 0 Å². The summed E-state index contributed by atoms with van der Waals surface area (Å²) < 4.78 is 5.97. The van der Waals surface area contributed by atoms with Crippen molar-refractivity contribution in [2.75, 3.05) is 0 Å². The molecule has 0 fully saturated rings. The lowest BCUT2D eigenvalue weighted by atomic mass is 10.1. The van der Waals surface area contributed by atoms with Gasteiger partial charge in [0.1, 0.15) is 11.4 Å². The number of para-hydroxylation sites is 1. The Morgan fingerprint density at radius 3 is 2.21 bits per heavy atom. The van der Waals surface area contributed by atoms with Gasteiger partial charge in [-0.25, -0.2) is 0 Å². The lowest BCUT2D eigenvalue weighted by Crippen LogP contribution is -2.23. The number of ether oxygens (including phenoxy) is 1. The van der Waals surface area contributed by atoms with Crippen LogP contribution < -0.4 is 4.74 Å². The standard InChI is InChI=1S/C11H14Br2O/c1-11(2,3)14-9-7-5-4-6-8(9)10(12)13/h4-7,10H,1-3H3. The van der Waals surface area contributed by atoms with Crippen LogP contribution in [0.4, 0.5) is 0 Å². The van der Waals surface area contributed by atoms with Crippen molar-refractivity contribution in [2.45, 2.75) is 30.1 Å². The molecular formula is C11H14Br2O. The lowest BCUT2D eigenvalue weighted by Gasteiger charge is -2.23. The minimum Gasteiger partial charge on any atom is -0.488 e. The maximum atomic E-state index is 5.83. The molecule has 0 N–H and O–H groups in total. The molecule has 0 atom stereocenters. The summed E-state index contributed by atoms with van der Waals surface area (Å²) in [5, 5.41) is 0. The lowest BCUT2D eigenvalue weighted by molar-refractivity contribution is 0.130. The van der Waals surface area contributed by atoms with E-state index in [4.69, 9.17) is 4.74 Å². The van der Waals surface area contributed by atoms with Gasteiger partial charge in [0.05, 0.1) is 3.74 Å². The Balaban J connectivity index is 2.96. The molecule has 0 aliphatic heterocycles. The molecule has 0 radical (unpaired) electrons. The predicted molar refractivity (Wildman–Crippen MR) is 67.4 cm³/mol. The van der Waals surface area contributed by atoms with E-state index < -0.39 is 0 Å². The minimum atomic E-state index is -0.162. The van der Waals surface area contributed by atoms with Crippen LogP contribution in [0.5, 0.6) is 5.75 Å². The zero-order chi connectivity index (χ0) is 10.8. The Labute approximate surface area is 102 Å². The fraction of sp³-hybridized carbons (Fsp3) is 0.455. The van der Waals surface area contributed by atoms with E-state index in [0.717, 1.165) is 11.3 Å². The van der Waals surface area contributed by atoms with E-state index >= 15 is 0 Å². The minimum absolute atomic E-state index is 0.133. The first-order chi connectivity index (χ1) is 6.40. The van der Waals surface area contributed by atoms with Gasteiger partial charge in [-0.15, -0.1) is 0 Å². The van der Waals surface area contributed by atoms with Crippen molar-refractivity contribution >= 4 is 31.9 Å². The fourth-order valence-corrected chi connectivity index (χ4v) is 1.84. The van der Waals surface area contributed by atoms with E-state index in [2.05, 4.69) is 31.9 Å². The number of alkyl halides is 2. The molecular weight excluding hydrogens is 308 g/mol. The molecule has 0 saturated heterocycles. The fourth-order valence-electron chi connectivity index (χ4n) is 1.08. The van der Waals surface area contributed by atoms with Crippen LogP contribution >= 0.6 is 31.9 Å². The highest BCUT2D eigenvalue weighted by molar-refractivity contribution is 9.24. The molecule has 3 heteroatoms. The van der Waals surface area contributed by atoms with Crippen molar-refractivity contribution in [3.63, 3.8) is 0 Å². The normalized spacial score (nSPS) is 11.9. The number of hydrogen-bond acceptors (Lipinski definition) is 1. The highest BCUT2D eigenvalue weighted by atomic mass is 79.9. The Morgan fingerprint density at radius 2 is 1.71 bits per heavy atom. The smallest absolute Gasteiger partial charge is 0.125 e. The van der Waals surface area contributed by atoms with E-state index in [-0.39, 0.29) is 9.34 Å². The highest BCUT2D eigenvalue weighted by Gasteiger charge is 2.16. The van der Waals surface area contributed by atoms with Crippen molar-refractivity contribution in [2.24, 2.45) is 0 Å². The second-order valence-electron chi connectivity index (χ2n) is 4.05. The Kier molecular flexibility index (Phi) is 4.02. The summed E-state index contributed by atoms with van der Waals surface area (Å²) in [6, 6.07) is 8.00. The van der Waals surface area contributed by atoms with Crippen LogP contribution in [0.2, 0.25) is 0 Å². The van der Waals surface area contributed by atoms with Gasteiger partial charge >= 0.3 is 0 Å². The van der Waals surface area contributed by atoms with E-state index in [0.29, 0.717) is 0 Å². The third kappa shape index (κ3) is 3.62. The molecule has 0 heterocycles. The first-order valence-corrected chi connectivity index (χ1v) is 6.29. The molecule has 0 spiro atoms. The van der Waals surface area contributed by atoms with Crippen LogP contribution in [0, 0.1) is 0 Å². The van der Waals surface area contributed by atoms with Crippen LogP contribution in [-0.4, -0.2) is 5.60 Å². The summed E-state index contributed by atoms with van der Waals surface area (Å²) in [6.45, 7) is 6.13. The first kappa shape index (κ1) is 12.1. The zero-order valence-electron chi connectivity index (χ0n) is 8.55. The van der Waals surface area contributed by atoms with Crippen molar-refractivity contribution in [1.82, 2.24) is 0 Å². The number of rotatable bonds is 2. The second-order valence-corrected chi connectivity index (χ2v) is 7.11. The van der Waals surface area contributed by atoms with E-state index in [9.17, 15) is 0 Å². The largest absolute Gasteiger partial charge is 0.488 e. The molecule has 14 heavy (non-hydrogen) atoms. The van der Waals surface area contributed by atoms with Crippen LogP contribution in [0.1, 0.15) is 30.1 Å². The monoisotopic (exact) mass is 320 g/mol. The molecule has 1 aromatic carbocycles. The van der Waals surface area contributed by atoms with Crippen molar-refractivity contribution in [3.8, 4) is 5.75 Å². The molecule has 0 amide bonds. The SMILES string of the molecule is CC(C)(C)Oc1ccccc1C(Br)Br. The molecule has 1 nitrogen and oxygen atoms in total. The Bertz CT molecular complexity index is 302. The number of hydrogen-bond donors (Lipinski definition) is 0. The second kappa shape index (κ2) is 4.67. The van der Waals surface area contributed by atoms with Crippen molar-refractivity contribution < 1.29 is 4.74 Å². The van der Waals surface area contributed by atoms with Gasteiger partial charge in [-0.1, -0.05) is 50.1 Å². The van der Waals surface area contributed by atoms with Crippen molar-refractivity contribution in [1.29, 1.82) is 0 Å². The molecule has 0 unspecified atom stereocenters. The number of halogens is 2. The maximum Gasteiger partial charge on any atom is 0.125 e. The van der Waals surface area contributed by atoms with Gasteiger partial charge in [0.15, 0.2) is 0 Å². The molecule has 0 aliphatic carbocycles. The van der Waals surface area contributed by atoms with Crippen LogP contribution in [0.3, 0.4) is 0 Å². The maximum absolute atomic E-state index is 5.83. The average molecular weight is 322 g/mol. The van der Waals surface area contributed by atoms with Gasteiger partial charge in [-0.2, -0.15) is 0 Å². The average Bonchev–Trinajstić information content (AvgIpc) is 2.01. The van der Waals surface area contributed by atoms with Crippen LogP contribution in [0.15, 0.2) is 24.3 Å². The van der Waals surface area contributed by atoms with E-state index in [1.165, 1.54) is 0 Å². The summed E-state index contributed by atoms with van der Waals surface area (Å²) in [7, 11) is 0. The first-order valence-electron chi connectivity index (χ1n) is 4.46. The summed E-state index contributed by atoms with van der Waals surface area (Å²) in [6.07, 6.45) is 0. The Hall–Kier alpha value is -0.0200. The molecule has 0 bridgehead atoms.